The van der Waals surface area contributed by atoms with Crippen LogP contribution in [0, 0.1) is 0 Å². The zero-order chi connectivity index (χ0) is 24.7. The van der Waals surface area contributed by atoms with Crippen LogP contribution in [0.3, 0.4) is 0 Å². The van der Waals surface area contributed by atoms with Gasteiger partial charge >= 0.3 is 0 Å². The Labute approximate surface area is 204 Å². The Hall–Kier alpha value is -3.88. The van der Waals surface area contributed by atoms with E-state index in [-0.39, 0.29) is 23.9 Å². The van der Waals surface area contributed by atoms with Gasteiger partial charge in [-0.1, -0.05) is 18.2 Å². The van der Waals surface area contributed by atoms with Crippen LogP contribution in [0.4, 0.5) is 11.8 Å². The molecule has 1 saturated heterocycles. The van der Waals surface area contributed by atoms with Crippen LogP contribution in [0.5, 0.6) is 5.88 Å². The molecule has 1 aliphatic rings. The molecule has 1 amide bonds. The lowest BCUT2D eigenvalue weighted by Gasteiger charge is -2.39. The smallest absolute Gasteiger partial charge is 0.228 e. The van der Waals surface area contributed by atoms with Gasteiger partial charge in [0.1, 0.15) is 11.3 Å². The second kappa shape index (κ2) is 9.05. The van der Waals surface area contributed by atoms with Crippen molar-refractivity contribution >= 4 is 39.5 Å². The zero-order valence-electron chi connectivity index (χ0n) is 20.6. The number of aromatic hydroxyl groups is 1. The van der Waals surface area contributed by atoms with Crippen molar-refractivity contribution in [3.05, 3.63) is 48.3 Å². The van der Waals surface area contributed by atoms with E-state index in [4.69, 9.17) is 9.97 Å². The SMILES string of the molecule is CC(=O)N1CCN(c2nc(NCc3cnc4ccccc4c3)c3cn(C(C)C)c(O)c3n2)CC1C. The average molecular weight is 474 g/mol. The molecule has 4 aromatic rings. The molecule has 4 heterocycles. The van der Waals surface area contributed by atoms with Crippen molar-refractivity contribution in [3.8, 4) is 5.88 Å². The highest BCUT2D eigenvalue weighted by Crippen LogP contribution is 2.34. The van der Waals surface area contributed by atoms with E-state index in [0.29, 0.717) is 43.5 Å². The van der Waals surface area contributed by atoms with Crippen LogP contribution >= 0.6 is 0 Å². The molecule has 1 aromatic carbocycles. The van der Waals surface area contributed by atoms with Gasteiger partial charge in [0.15, 0.2) is 0 Å². The van der Waals surface area contributed by atoms with E-state index in [0.717, 1.165) is 21.9 Å². The van der Waals surface area contributed by atoms with Crippen molar-refractivity contribution in [2.45, 2.75) is 46.3 Å². The maximum Gasteiger partial charge on any atom is 0.228 e. The maximum atomic E-state index is 11.9. The van der Waals surface area contributed by atoms with E-state index in [1.165, 1.54) is 0 Å². The molecule has 5 rings (SSSR count). The summed E-state index contributed by atoms with van der Waals surface area (Å²) < 4.78 is 1.81. The molecular formula is C26H31N7O2. The molecule has 9 heteroatoms. The Kier molecular flexibility index (Phi) is 5.92. The van der Waals surface area contributed by atoms with Crippen LogP contribution in [0.15, 0.2) is 42.7 Å². The van der Waals surface area contributed by atoms with E-state index in [1.54, 1.807) is 6.92 Å². The highest BCUT2D eigenvalue weighted by Gasteiger charge is 2.28. The van der Waals surface area contributed by atoms with E-state index in [2.05, 4.69) is 27.3 Å². The summed E-state index contributed by atoms with van der Waals surface area (Å²) in [5.41, 5.74) is 2.51. The number of benzene rings is 1. The minimum Gasteiger partial charge on any atom is -0.493 e. The largest absolute Gasteiger partial charge is 0.493 e. The van der Waals surface area contributed by atoms with Gasteiger partial charge in [-0.25, -0.2) is 4.98 Å². The number of para-hydroxylation sites is 1. The van der Waals surface area contributed by atoms with Gasteiger partial charge in [0.05, 0.1) is 10.9 Å². The van der Waals surface area contributed by atoms with Gasteiger partial charge in [0.2, 0.25) is 17.7 Å². The molecule has 35 heavy (non-hydrogen) atoms. The number of hydrogen-bond donors (Lipinski definition) is 2. The van der Waals surface area contributed by atoms with Crippen molar-refractivity contribution in [3.63, 3.8) is 0 Å². The van der Waals surface area contributed by atoms with Crippen molar-refractivity contribution in [1.82, 2.24) is 24.4 Å². The second-order valence-electron chi connectivity index (χ2n) is 9.49. The van der Waals surface area contributed by atoms with Gasteiger partial charge in [-0.15, -0.1) is 0 Å². The Bertz CT molecular complexity index is 1400. The fourth-order valence-electron chi connectivity index (χ4n) is 4.75. The molecule has 1 atom stereocenters. The number of carbonyl (C=O) groups excluding carboxylic acids is 1. The molecule has 0 radical (unpaired) electrons. The Balaban J connectivity index is 1.49. The quantitative estimate of drug-likeness (QED) is 0.453. The van der Waals surface area contributed by atoms with Gasteiger partial charge in [0, 0.05) is 63.0 Å². The van der Waals surface area contributed by atoms with Gasteiger partial charge in [-0.2, -0.15) is 4.98 Å². The van der Waals surface area contributed by atoms with Crippen molar-refractivity contribution in [2.24, 2.45) is 0 Å². The van der Waals surface area contributed by atoms with Gasteiger partial charge in [-0.3, -0.25) is 9.78 Å². The standard InChI is InChI=1S/C26H31N7O2/c1-16(2)33-15-21-23(25(33)35)29-26(31-9-10-32(18(4)34)17(3)14-31)30-24(21)28-13-19-11-20-7-5-6-8-22(20)27-12-19/h5-8,11-12,15-17,35H,9-10,13-14H2,1-4H3,(H,28,29,30). The first kappa shape index (κ1) is 22.9. The molecule has 0 saturated carbocycles. The Morgan fingerprint density at radius 1 is 1.23 bits per heavy atom. The predicted molar refractivity (Wildman–Crippen MR) is 138 cm³/mol. The summed E-state index contributed by atoms with van der Waals surface area (Å²) in [5, 5.41) is 16.3. The van der Waals surface area contributed by atoms with E-state index in [9.17, 15) is 9.90 Å². The van der Waals surface area contributed by atoms with Crippen LogP contribution in [-0.2, 0) is 11.3 Å². The highest BCUT2D eigenvalue weighted by molar-refractivity contribution is 5.94. The van der Waals surface area contributed by atoms with Gasteiger partial charge in [-0.05, 0) is 38.5 Å². The number of fused-ring (bicyclic) bond motifs is 2. The molecule has 182 valence electrons. The molecule has 1 aliphatic heterocycles. The first-order valence-corrected chi connectivity index (χ1v) is 12.0. The van der Waals surface area contributed by atoms with Crippen molar-refractivity contribution < 1.29 is 9.90 Å². The van der Waals surface area contributed by atoms with Crippen molar-refractivity contribution in [1.29, 1.82) is 0 Å². The number of nitrogens with one attached hydrogen (secondary N) is 1. The third-order valence-electron chi connectivity index (χ3n) is 6.64. The maximum absolute atomic E-state index is 11.9. The lowest BCUT2D eigenvalue weighted by Crippen LogP contribution is -2.53. The van der Waals surface area contributed by atoms with E-state index < -0.39 is 0 Å². The zero-order valence-corrected chi connectivity index (χ0v) is 20.6. The van der Waals surface area contributed by atoms with E-state index in [1.807, 2.05) is 60.8 Å². The molecule has 0 bridgehead atoms. The predicted octanol–water partition coefficient (Wildman–Crippen LogP) is 3.94. The number of amides is 1. The lowest BCUT2D eigenvalue weighted by molar-refractivity contribution is -0.131. The third kappa shape index (κ3) is 4.34. The number of anilines is 2. The molecule has 0 aliphatic carbocycles. The van der Waals surface area contributed by atoms with Crippen LogP contribution < -0.4 is 10.2 Å². The topological polar surface area (TPSA) is 99.4 Å². The third-order valence-corrected chi connectivity index (χ3v) is 6.64. The number of hydrogen-bond acceptors (Lipinski definition) is 7. The monoisotopic (exact) mass is 473 g/mol. The van der Waals surface area contributed by atoms with Crippen LogP contribution in [-0.4, -0.2) is 61.1 Å². The van der Waals surface area contributed by atoms with Gasteiger partial charge in [0.25, 0.3) is 0 Å². The fourth-order valence-corrected chi connectivity index (χ4v) is 4.75. The lowest BCUT2D eigenvalue weighted by atomic mass is 10.1. The second-order valence-corrected chi connectivity index (χ2v) is 9.49. The first-order valence-electron chi connectivity index (χ1n) is 12.0. The molecule has 1 fully saturated rings. The van der Waals surface area contributed by atoms with E-state index >= 15 is 0 Å². The summed E-state index contributed by atoms with van der Waals surface area (Å²) >= 11 is 0. The molecule has 2 N–H and O–H groups in total. The summed E-state index contributed by atoms with van der Waals surface area (Å²) in [5.74, 6) is 1.41. The average Bonchev–Trinajstić information content (AvgIpc) is 3.19. The minimum absolute atomic E-state index is 0.0505. The number of carbonyl (C=O) groups is 1. The molecule has 0 spiro atoms. The van der Waals surface area contributed by atoms with Gasteiger partial charge < -0.3 is 24.8 Å². The Morgan fingerprint density at radius 2 is 2.03 bits per heavy atom. The van der Waals surface area contributed by atoms with Crippen molar-refractivity contribution in [2.75, 3.05) is 29.9 Å². The molecule has 9 nitrogen and oxygen atoms in total. The molecule has 1 unspecified atom stereocenters. The number of nitrogens with zero attached hydrogens (tertiary/aromatic N) is 6. The fraction of sp³-hybridized carbons (Fsp3) is 0.385. The van der Waals surface area contributed by atoms with Crippen LogP contribution in [0.25, 0.3) is 21.8 Å². The summed E-state index contributed by atoms with van der Waals surface area (Å²) in [6.45, 7) is 10.1. The van der Waals surface area contributed by atoms with Crippen LogP contribution in [0.2, 0.25) is 0 Å². The normalized spacial score (nSPS) is 16.4. The number of pyridine rings is 1. The summed E-state index contributed by atoms with van der Waals surface area (Å²) in [6, 6.07) is 10.3. The Morgan fingerprint density at radius 3 is 2.77 bits per heavy atom. The van der Waals surface area contributed by atoms with Crippen LogP contribution in [0.1, 0.15) is 39.3 Å². The number of piperazine rings is 1. The number of rotatable bonds is 5. The number of aromatic nitrogens is 4. The summed E-state index contributed by atoms with van der Waals surface area (Å²) in [4.78, 5) is 30.1. The highest BCUT2D eigenvalue weighted by atomic mass is 16.3. The molecular weight excluding hydrogens is 442 g/mol. The first-order chi connectivity index (χ1) is 16.8. The summed E-state index contributed by atoms with van der Waals surface area (Å²) in [7, 11) is 0. The minimum atomic E-state index is 0.0505. The summed E-state index contributed by atoms with van der Waals surface area (Å²) in [6.07, 6.45) is 3.77. The molecule has 3 aromatic heterocycles.